The second kappa shape index (κ2) is 5.57. The van der Waals surface area contributed by atoms with Crippen LogP contribution in [0.5, 0.6) is 0 Å². The smallest absolute Gasteiger partial charge is 0.224 e. The van der Waals surface area contributed by atoms with Gasteiger partial charge >= 0.3 is 0 Å². The number of rotatable bonds is 2. The lowest BCUT2D eigenvalue weighted by molar-refractivity contribution is 0.627. The van der Waals surface area contributed by atoms with Crippen LogP contribution in [-0.4, -0.2) is 15.0 Å². The van der Waals surface area contributed by atoms with Gasteiger partial charge in [0, 0.05) is 15.6 Å². The number of aromatic nitrogens is 3. The van der Waals surface area contributed by atoms with Crippen molar-refractivity contribution in [2.75, 3.05) is 5.73 Å². The molecule has 1 aromatic heterocycles. The minimum atomic E-state index is -0.337. The standard InChI is InChI=1S/C15H10BrFN4/c16-12-8-10(17)6-7-11(12)14-19-13(20-15(18)21-14)9-4-2-1-3-5-9/h1-8H,(H2,18,19,20,21). The van der Waals surface area contributed by atoms with Gasteiger partial charge < -0.3 is 5.73 Å². The fourth-order valence-electron chi connectivity index (χ4n) is 1.90. The summed E-state index contributed by atoms with van der Waals surface area (Å²) < 4.78 is 13.7. The van der Waals surface area contributed by atoms with Gasteiger partial charge in [-0.15, -0.1) is 0 Å². The first kappa shape index (κ1) is 13.6. The molecule has 21 heavy (non-hydrogen) atoms. The summed E-state index contributed by atoms with van der Waals surface area (Å²) in [5.41, 5.74) is 7.26. The maximum atomic E-state index is 13.2. The Bertz CT molecular complexity index is 793. The normalized spacial score (nSPS) is 10.6. The molecule has 0 radical (unpaired) electrons. The van der Waals surface area contributed by atoms with Crippen LogP contribution in [0, 0.1) is 5.82 Å². The van der Waals surface area contributed by atoms with Gasteiger partial charge in [-0.05, 0) is 34.1 Å². The summed E-state index contributed by atoms with van der Waals surface area (Å²) in [5, 5.41) is 0. The molecule has 0 aliphatic heterocycles. The van der Waals surface area contributed by atoms with Gasteiger partial charge in [-0.25, -0.2) is 9.37 Å². The molecule has 2 aromatic carbocycles. The van der Waals surface area contributed by atoms with E-state index in [9.17, 15) is 4.39 Å². The summed E-state index contributed by atoms with van der Waals surface area (Å²) in [6, 6.07) is 13.8. The van der Waals surface area contributed by atoms with Gasteiger partial charge in [0.25, 0.3) is 0 Å². The topological polar surface area (TPSA) is 64.7 Å². The third-order valence-corrected chi connectivity index (χ3v) is 3.51. The SMILES string of the molecule is Nc1nc(-c2ccccc2)nc(-c2ccc(F)cc2Br)n1. The number of anilines is 1. The molecule has 1 heterocycles. The first-order chi connectivity index (χ1) is 10.1. The van der Waals surface area contributed by atoms with Crippen LogP contribution >= 0.6 is 15.9 Å². The molecular weight excluding hydrogens is 335 g/mol. The highest BCUT2D eigenvalue weighted by Crippen LogP contribution is 2.28. The molecule has 0 aliphatic carbocycles. The quantitative estimate of drug-likeness (QED) is 0.769. The van der Waals surface area contributed by atoms with Crippen molar-refractivity contribution in [2.45, 2.75) is 0 Å². The Morgan fingerprint density at radius 3 is 2.33 bits per heavy atom. The van der Waals surface area contributed by atoms with Crippen molar-refractivity contribution in [1.29, 1.82) is 0 Å². The average Bonchev–Trinajstić information content (AvgIpc) is 2.47. The monoisotopic (exact) mass is 344 g/mol. The van der Waals surface area contributed by atoms with Gasteiger partial charge in [0.05, 0.1) is 0 Å². The van der Waals surface area contributed by atoms with Gasteiger partial charge in [-0.2, -0.15) is 9.97 Å². The van der Waals surface area contributed by atoms with Gasteiger partial charge in [0.2, 0.25) is 5.95 Å². The zero-order valence-corrected chi connectivity index (χ0v) is 12.4. The third-order valence-electron chi connectivity index (χ3n) is 2.86. The molecule has 0 atom stereocenters. The van der Waals surface area contributed by atoms with Crippen LogP contribution in [-0.2, 0) is 0 Å². The second-order valence-electron chi connectivity index (χ2n) is 4.33. The van der Waals surface area contributed by atoms with Crippen molar-refractivity contribution in [3.8, 4) is 22.8 Å². The van der Waals surface area contributed by atoms with Crippen molar-refractivity contribution < 1.29 is 4.39 Å². The molecule has 0 saturated heterocycles. The lowest BCUT2D eigenvalue weighted by atomic mass is 10.2. The highest BCUT2D eigenvalue weighted by Gasteiger charge is 2.11. The fraction of sp³-hybridized carbons (Fsp3) is 0. The number of benzene rings is 2. The molecule has 0 amide bonds. The molecule has 0 aliphatic rings. The van der Waals surface area contributed by atoms with Crippen molar-refractivity contribution >= 4 is 21.9 Å². The van der Waals surface area contributed by atoms with E-state index in [4.69, 9.17) is 5.73 Å². The molecule has 0 bridgehead atoms. The summed E-state index contributed by atoms with van der Waals surface area (Å²) in [7, 11) is 0. The molecule has 0 saturated carbocycles. The van der Waals surface area contributed by atoms with E-state index in [1.807, 2.05) is 30.3 Å². The van der Waals surface area contributed by atoms with Crippen molar-refractivity contribution in [1.82, 2.24) is 15.0 Å². The highest BCUT2D eigenvalue weighted by atomic mass is 79.9. The average molecular weight is 345 g/mol. The molecule has 4 nitrogen and oxygen atoms in total. The van der Waals surface area contributed by atoms with Gasteiger partial charge in [-0.1, -0.05) is 30.3 Å². The predicted octanol–water partition coefficient (Wildman–Crippen LogP) is 3.69. The minimum Gasteiger partial charge on any atom is -0.368 e. The maximum absolute atomic E-state index is 13.2. The summed E-state index contributed by atoms with van der Waals surface area (Å²) in [4.78, 5) is 12.7. The summed E-state index contributed by atoms with van der Waals surface area (Å²) >= 11 is 3.31. The molecule has 104 valence electrons. The van der Waals surface area contributed by atoms with Crippen LogP contribution in [0.25, 0.3) is 22.8 Å². The Morgan fingerprint density at radius 1 is 0.905 bits per heavy atom. The third kappa shape index (κ3) is 2.90. The van der Waals surface area contributed by atoms with Crippen LogP contribution in [0.3, 0.4) is 0 Å². The highest BCUT2D eigenvalue weighted by molar-refractivity contribution is 9.10. The van der Waals surface area contributed by atoms with Gasteiger partial charge in [0.15, 0.2) is 11.6 Å². The van der Waals surface area contributed by atoms with E-state index in [2.05, 4.69) is 30.9 Å². The number of halogens is 2. The van der Waals surface area contributed by atoms with E-state index in [1.165, 1.54) is 12.1 Å². The predicted molar refractivity (Wildman–Crippen MR) is 82.8 cm³/mol. The zero-order chi connectivity index (χ0) is 14.8. The maximum Gasteiger partial charge on any atom is 0.224 e. The Morgan fingerprint density at radius 2 is 1.62 bits per heavy atom. The van der Waals surface area contributed by atoms with Crippen molar-refractivity contribution in [3.05, 3.63) is 58.8 Å². The van der Waals surface area contributed by atoms with Crippen molar-refractivity contribution in [2.24, 2.45) is 0 Å². The Hall–Kier alpha value is -2.34. The molecule has 0 unspecified atom stereocenters. The van der Waals surface area contributed by atoms with E-state index in [0.717, 1.165) is 5.56 Å². The Balaban J connectivity index is 2.14. The molecule has 2 N–H and O–H groups in total. The summed E-state index contributed by atoms with van der Waals surface area (Å²) in [5.74, 6) is 0.661. The van der Waals surface area contributed by atoms with Crippen LogP contribution in [0.1, 0.15) is 0 Å². The zero-order valence-electron chi connectivity index (χ0n) is 10.8. The second-order valence-corrected chi connectivity index (χ2v) is 5.19. The number of hydrogen-bond donors (Lipinski definition) is 1. The lowest BCUT2D eigenvalue weighted by Crippen LogP contribution is -2.02. The van der Waals surface area contributed by atoms with Gasteiger partial charge in [0.1, 0.15) is 5.82 Å². The molecule has 0 fully saturated rings. The Kier molecular flexibility index (Phi) is 3.62. The first-order valence-electron chi connectivity index (χ1n) is 6.16. The molecule has 3 rings (SSSR count). The summed E-state index contributed by atoms with van der Waals surface area (Å²) in [6.45, 7) is 0. The van der Waals surface area contributed by atoms with Crippen LogP contribution in [0.15, 0.2) is 53.0 Å². The number of nitrogen functional groups attached to an aromatic ring is 1. The summed E-state index contributed by atoms with van der Waals surface area (Å²) in [6.07, 6.45) is 0. The van der Waals surface area contributed by atoms with Crippen molar-refractivity contribution in [3.63, 3.8) is 0 Å². The van der Waals surface area contributed by atoms with Crippen LogP contribution in [0.2, 0.25) is 0 Å². The van der Waals surface area contributed by atoms with Crippen LogP contribution < -0.4 is 5.73 Å². The number of nitrogens with zero attached hydrogens (tertiary/aromatic N) is 3. The molecule has 0 spiro atoms. The van der Waals surface area contributed by atoms with E-state index < -0.39 is 0 Å². The molecule has 3 aromatic rings. The fourth-order valence-corrected chi connectivity index (χ4v) is 2.43. The van der Waals surface area contributed by atoms with Crippen LogP contribution in [0.4, 0.5) is 10.3 Å². The van der Waals surface area contributed by atoms with E-state index in [1.54, 1.807) is 6.07 Å². The number of hydrogen-bond acceptors (Lipinski definition) is 4. The first-order valence-corrected chi connectivity index (χ1v) is 6.95. The largest absolute Gasteiger partial charge is 0.368 e. The Labute approximate surface area is 129 Å². The van der Waals surface area contributed by atoms with Gasteiger partial charge in [-0.3, -0.25) is 0 Å². The van der Waals surface area contributed by atoms with E-state index in [-0.39, 0.29) is 11.8 Å². The van der Waals surface area contributed by atoms with E-state index in [0.29, 0.717) is 21.7 Å². The molecule has 6 heteroatoms. The number of nitrogens with two attached hydrogens (primary N) is 1. The lowest BCUT2D eigenvalue weighted by Gasteiger charge is -2.07. The minimum absolute atomic E-state index is 0.120. The molecular formula is C15H10BrFN4. The van der Waals surface area contributed by atoms with E-state index >= 15 is 0 Å².